The quantitative estimate of drug-likeness (QED) is 0.908. The molecule has 23 heavy (non-hydrogen) atoms. The molecule has 3 rings (SSSR count). The van der Waals surface area contributed by atoms with Gasteiger partial charge in [0.1, 0.15) is 0 Å². The topological polar surface area (TPSA) is 34.0 Å². The van der Waals surface area contributed by atoms with Crippen molar-refractivity contribution in [1.29, 1.82) is 0 Å². The van der Waals surface area contributed by atoms with Crippen molar-refractivity contribution >= 4 is 16.8 Å². The van der Waals surface area contributed by atoms with Gasteiger partial charge in [0, 0.05) is 36.6 Å². The van der Waals surface area contributed by atoms with Crippen LogP contribution in [0.5, 0.6) is 0 Å². The highest BCUT2D eigenvalue weighted by molar-refractivity contribution is 5.85. The molecule has 0 aliphatic heterocycles. The van der Waals surface area contributed by atoms with Gasteiger partial charge in [-0.15, -0.1) is 0 Å². The summed E-state index contributed by atoms with van der Waals surface area (Å²) in [7, 11) is 2.07. The Morgan fingerprint density at radius 1 is 1.26 bits per heavy atom. The predicted octanol–water partition coefficient (Wildman–Crippen LogP) is 4.05. The zero-order chi connectivity index (χ0) is 16.4. The fourth-order valence-corrected chi connectivity index (χ4v) is 3.94. The summed E-state index contributed by atoms with van der Waals surface area (Å²) in [6.07, 6.45) is 7.20. The Hall–Kier alpha value is -1.77. The van der Waals surface area contributed by atoms with E-state index in [-0.39, 0.29) is 5.91 Å². The summed E-state index contributed by atoms with van der Waals surface area (Å²) in [5.41, 5.74) is 2.50. The van der Waals surface area contributed by atoms with Gasteiger partial charge in [-0.3, -0.25) is 4.79 Å². The maximum absolute atomic E-state index is 12.4. The summed E-state index contributed by atoms with van der Waals surface area (Å²) in [4.78, 5) is 12.4. The molecule has 124 valence electrons. The normalized spacial score (nSPS) is 24.7. The largest absolute Gasteiger partial charge is 0.353 e. The summed E-state index contributed by atoms with van der Waals surface area (Å²) in [5.74, 6) is 1.50. The van der Waals surface area contributed by atoms with Gasteiger partial charge in [-0.2, -0.15) is 0 Å². The number of rotatable bonds is 4. The average molecular weight is 312 g/mol. The molecule has 1 amide bonds. The summed E-state index contributed by atoms with van der Waals surface area (Å²) in [6.45, 7) is 4.58. The number of aromatic nitrogens is 1. The molecule has 1 aliphatic carbocycles. The molecule has 1 saturated carbocycles. The molecule has 0 spiro atoms. The number of para-hydroxylation sites is 1. The fourth-order valence-electron chi connectivity index (χ4n) is 3.94. The number of aryl methyl sites for hydroxylation is 2. The SMILES string of the molecule is CC1CCCC(NC(=O)CCc2cn(C)c3ccccc23)C1C. The van der Waals surface area contributed by atoms with Gasteiger partial charge in [-0.25, -0.2) is 0 Å². The maximum Gasteiger partial charge on any atom is 0.220 e. The summed E-state index contributed by atoms with van der Waals surface area (Å²) in [6, 6.07) is 8.76. The van der Waals surface area contributed by atoms with E-state index in [1.54, 1.807) is 0 Å². The van der Waals surface area contributed by atoms with E-state index in [9.17, 15) is 4.79 Å². The lowest BCUT2D eigenvalue weighted by molar-refractivity contribution is -0.122. The number of nitrogens with zero attached hydrogens (tertiary/aromatic N) is 1. The molecule has 1 N–H and O–H groups in total. The minimum absolute atomic E-state index is 0.198. The Kier molecular flexibility index (Phi) is 4.74. The van der Waals surface area contributed by atoms with E-state index in [0.717, 1.165) is 12.8 Å². The first-order valence-electron chi connectivity index (χ1n) is 8.88. The van der Waals surface area contributed by atoms with Gasteiger partial charge in [-0.1, -0.05) is 44.9 Å². The molecule has 3 unspecified atom stereocenters. The molecule has 1 aromatic heterocycles. The van der Waals surface area contributed by atoms with Crippen LogP contribution in [-0.4, -0.2) is 16.5 Å². The monoisotopic (exact) mass is 312 g/mol. The molecular formula is C20H28N2O. The lowest BCUT2D eigenvalue weighted by atomic mass is 9.78. The van der Waals surface area contributed by atoms with Crippen LogP contribution in [0.25, 0.3) is 10.9 Å². The van der Waals surface area contributed by atoms with Crippen molar-refractivity contribution in [2.75, 3.05) is 0 Å². The standard InChI is InChI=1S/C20H28N2O/c1-14-7-6-9-18(15(14)2)21-20(23)12-11-16-13-22(3)19-10-5-4-8-17(16)19/h4-5,8,10,13-15,18H,6-7,9,11-12H2,1-3H3,(H,21,23). The predicted molar refractivity (Wildman–Crippen MR) is 95.3 cm³/mol. The zero-order valence-electron chi connectivity index (χ0n) is 14.5. The third-order valence-electron chi connectivity index (χ3n) is 5.65. The summed E-state index contributed by atoms with van der Waals surface area (Å²) in [5, 5.41) is 4.54. The van der Waals surface area contributed by atoms with E-state index >= 15 is 0 Å². The number of benzene rings is 1. The van der Waals surface area contributed by atoms with Crippen LogP contribution in [0, 0.1) is 11.8 Å². The van der Waals surface area contributed by atoms with E-state index in [1.807, 2.05) is 0 Å². The van der Waals surface area contributed by atoms with Crippen molar-refractivity contribution in [3.05, 3.63) is 36.0 Å². The van der Waals surface area contributed by atoms with E-state index in [0.29, 0.717) is 24.3 Å². The number of hydrogen-bond donors (Lipinski definition) is 1. The maximum atomic E-state index is 12.4. The second-order valence-electron chi connectivity index (χ2n) is 7.22. The average Bonchev–Trinajstić information content (AvgIpc) is 2.87. The van der Waals surface area contributed by atoms with Crippen LogP contribution >= 0.6 is 0 Å². The van der Waals surface area contributed by atoms with Gasteiger partial charge in [-0.05, 0) is 36.3 Å². The van der Waals surface area contributed by atoms with E-state index in [4.69, 9.17) is 0 Å². The van der Waals surface area contributed by atoms with Gasteiger partial charge in [0.2, 0.25) is 5.91 Å². The van der Waals surface area contributed by atoms with Crippen LogP contribution in [0.15, 0.2) is 30.5 Å². The molecule has 1 aliphatic rings. The van der Waals surface area contributed by atoms with Crippen molar-refractivity contribution in [1.82, 2.24) is 9.88 Å². The molecule has 0 radical (unpaired) electrons. The molecule has 1 aromatic carbocycles. The van der Waals surface area contributed by atoms with Gasteiger partial charge in [0.05, 0.1) is 0 Å². The first-order valence-corrected chi connectivity index (χ1v) is 8.88. The third kappa shape index (κ3) is 3.44. The second-order valence-corrected chi connectivity index (χ2v) is 7.22. The Morgan fingerprint density at radius 3 is 2.87 bits per heavy atom. The third-order valence-corrected chi connectivity index (χ3v) is 5.65. The van der Waals surface area contributed by atoms with E-state index in [2.05, 4.69) is 61.2 Å². The number of amides is 1. The van der Waals surface area contributed by atoms with Crippen LogP contribution in [-0.2, 0) is 18.3 Å². The molecule has 1 heterocycles. The highest BCUT2D eigenvalue weighted by atomic mass is 16.1. The molecule has 3 nitrogen and oxygen atoms in total. The zero-order valence-corrected chi connectivity index (χ0v) is 14.5. The van der Waals surface area contributed by atoms with Crippen molar-refractivity contribution in [2.45, 2.75) is 52.0 Å². The number of fused-ring (bicyclic) bond motifs is 1. The number of hydrogen-bond acceptors (Lipinski definition) is 1. The number of nitrogens with one attached hydrogen (secondary N) is 1. The van der Waals surface area contributed by atoms with Crippen LogP contribution in [0.1, 0.15) is 45.1 Å². The molecule has 0 saturated heterocycles. The molecule has 3 heteroatoms. The minimum Gasteiger partial charge on any atom is -0.353 e. The Labute approximate surface area is 139 Å². The van der Waals surface area contributed by atoms with Crippen LogP contribution in [0.4, 0.5) is 0 Å². The first kappa shape index (κ1) is 16.1. The molecular weight excluding hydrogens is 284 g/mol. The second kappa shape index (κ2) is 6.77. The van der Waals surface area contributed by atoms with Crippen molar-refractivity contribution in [3.8, 4) is 0 Å². The highest BCUT2D eigenvalue weighted by Crippen LogP contribution is 2.29. The summed E-state index contributed by atoms with van der Waals surface area (Å²) < 4.78 is 2.15. The van der Waals surface area contributed by atoms with Crippen molar-refractivity contribution < 1.29 is 4.79 Å². The Morgan fingerprint density at radius 2 is 2.04 bits per heavy atom. The van der Waals surface area contributed by atoms with Crippen LogP contribution in [0.2, 0.25) is 0 Å². The van der Waals surface area contributed by atoms with Gasteiger partial charge < -0.3 is 9.88 Å². The first-order chi connectivity index (χ1) is 11.1. The molecule has 1 fully saturated rings. The lowest BCUT2D eigenvalue weighted by Gasteiger charge is -2.34. The van der Waals surface area contributed by atoms with Crippen molar-refractivity contribution in [3.63, 3.8) is 0 Å². The van der Waals surface area contributed by atoms with Gasteiger partial charge >= 0.3 is 0 Å². The fraction of sp³-hybridized carbons (Fsp3) is 0.550. The van der Waals surface area contributed by atoms with Crippen molar-refractivity contribution in [2.24, 2.45) is 18.9 Å². The smallest absolute Gasteiger partial charge is 0.220 e. The Bertz CT molecular complexity index is 688. The minimum atomic E-state index is 0.198. The van der Waals surface area contributed by atoms with Crippen LogP contribution in [0.3, 0.4) is 0 Å². The van der Waals surface area contributed by atoms with E-state index < -0.39 is 0 Å². The summed E-state index contributed by atoms with van der Waals surface area (Å²) >= 11 is 0. The van der Waals surface area contributed by atoms with Gasteiger partial charge in [0.25, 0.3) is 0 Å². The number of carbonyl (C=O) groups is 1. The molecule has 3 atom stereocenters. The van der Waals surface area contributed by atoms with Gasteiger partial charge in [0.15, 0.2) is 0 Å². The molecule has 2 aromatic rings. The highest BCUT2D eigenvalue weighted by Gasteiger charge is 2.27. The Balaban J connectivity index is 1.60. The number of carbonyl (C=O) groups excluding carboxylic acids is 1. The van der Waals surface area contributed by atoms with Crippen LogP contribution < -0.4 is 5.32 Å². The lowest BCUT2D eigenvalue weighted by Crippen LogP contribution is -2.43. The molecule has 0 bridgehead atoms. The van der Waals surface area contributed by atoms with E-state index in [1.165, 1.54) is 29.3 Å².